The number of hydrogen-bond donors (Lipinski definition) is 1. The maximum atomic E-state index is 16.4. The first-order valence-electron chi connectivity index (χ1n) is 26.6. The molecule has 5 aromatic rings. The molecule has 16 nitrogen and oxygen atoms in total. The zero-order valence-electron chi connectivity index (χ0n) is 44.1. The highest BCUT2D eigenvalue weighted by atomic mass is 19.1. The fraction of sp³-hybridized carbons (Fsp3) is 0.517. The van der Waals surface area contributed by atoms with E-state index in [-0.39, 0.29) is 30.2 Å². The summed E-state index contributed by atoms with van der Waals surface area (Å²) in [5, 5.41) is 3.80. The van der Waals surface area contributed by atoms with Crippen molar-refractivity contribution < 1.29 is 37.6 Å². The SMILES string of the molecule is C#CCOCCOCCOCCOCCOCCCNc1ccc(COC(=O)N(C)[C@@H]2CCN(c3cc4c(cc3F)c(=O)c(CN(Cc3ccnc(C)c3)[C@H]3CCCN(c5ccc(C)nc5)C3)cn4C3CC3)C2)cc1. The van der Waals surface area contributed by atoms with Gasteiger partial charge in [-0.15, -0.1) is 6.42 Å². The zero-order valence-corrected chi connectivity index (χ0v) is 44.1. The number of aromatic nitrogens is 3. The maximum Gasteiger partial charge on any atom is 0.410 e. The molecule has 8 rings (SSSR count). The first-order chi connectivity index (χ1) is 36.6. The third kappa shape index (κ3) is 16.2. The molecule has 0 bridgehead atoms. The molecule has 1 aliphatic carbocycles. The Morgan fingerprint density at radius 2 is 1.51 bits per heavy atom. The molecule has 1 amide bonds. The Hall–Kier alpha value is -6.13. The fourth-order valence-corrected chi connectivity index (χ4v) is 9.84. The predicted molar refractivity (Wildman–Crippen MR) is 290 cm³/mol. The van der Waals surface area contributed by atoms with Crippen LogP contribution in [0, 0.1) is 32.0 Å². The molecular formula is C58H75FN8O8. The number of piperidine rings is 1. The van der Waals surface area contributed by atoms with E-state index in [0.29, 0.717) is 115 Å². The standard InChI is InChI=1S/C58H75FN8O8/c1-5-23-70-25-27-72-29-31-74-32-30-73-28-26-71-24-7-19-61-48-12-10-45(11-13-48)42-75-58(69)63(4)51-18-22-65(40-51)56-35-55-53(34-54(56)59)57(68)47(39-67(55)49-15-16-49)38-66(37-46-17-20-60-44(3)33-46)52-8-6-21-64(41-52)50-14-9-43(2)62-36-50/h1,9-14,17,20,33-36,39,49,51-52,61H,6-8,15-16,18-19,21-32,37-38,40-42H2,2-4H3/t51-,52+/m1/s1. The van der Waals surface area contributed by atoms with Crippen LogP contribution < -0.4 is 20.5 Å². The van der Waals surface area contributed by atoms with Gasteiger partial charge in [0.05, 0.1) is 82.0 Å². The van der Waals surface area contributed by atoms with Crippen molar-refractivity contribution in [2.75, 3.05) is 121 Å². The molecule has 1 N–H and O–H groups in total. The number of hydrogen-bond acceptors (Lipinski definition) is 14. The number of anilines is 3. The number of aryl methyl sites for hydroxylation is 2. The number of terminal acetylenes is 1. The summed E-state index contributed by atoms with van der Waals surface area (Å²) in [5.41, 5.74) is 7.74. The Morgan fingerprint density at radius 3 is 2.20 bits per heavy atom. The average molecular weight is 1030 g/mol. The van der Waals surface area contributed by atoms with Gasteiger partial charge in [0.1, 0.15) is 19.0 Å². The van der Waals surface area contributed by atoms with Gasteiger partial charge in [-0.3, -0.25) is 19.7 Å². The molecule has 5 heterocycles. The number of halogens is 1. The van der Waals surface area contributed by atoms with Gasteiger partial charge in [0.25, 0.3) is 0 Å². The maximum absolute atomic E-state index is 16.4. The molecule has 402 valence electrons. The minimum Gasteiger partial charge on any atom is -0.445 e. The molecule has 0 radical (unpaired) electrons. The molecule has 3 aromatic heterocycles. The third-order valence-corrected chi connectivity index (χ3v) is 14.1. The lowest BCUT2D eigenvalue weighted by Gasteiger charge is -2.40. The first kappa shape index (κ1) is 55.1. The summed E-state index contributed by atoms with van der Waals surface area (Å²) in [5.74, 6) is 1.97. The number of benzene rings is 2. The Labute approximate surface area is 441 Å². The lowest BCUT2D eigenvalue weighted by atomic mass is 10.0. The van der Waals surface area contributed by atoms with E-state index in [0.717, 1.165) is 91.1 Å². The highest BCUT2D eigenvalue weighted by Gasteiger charge is 2.33. The second-order valence-corrected chi connectivity index (χ2v) is 19.8. The van der Waals surface area contributed by atoms with Crippen LogP contribution in [0.3, 0.4) is 0 Å². The van der Waals surface area contributed by atoms with E-state index in [1.54, 1.807) is 11.9 Å². The molecule has 0 spiro atoms. The summed E-state index contributed by atoms with van der Waals surface area (Å²) < 4.78 is 51.7. The number of carbonyl (C=O) groups excluding carboxylic acids is 1. The van der Waals surface area contributed by atoms with Gasteiger partial charge in [-0.25, -0.2) is 9.18 Å². The minimum absolute atomic E-state index is 0.131. The number of pyridine rings is 3. The number of carbonyl (C=O) groups is 1. The molecular weight excluding hydrogens is 956 g/mol. The number of amides is 1. The highest BCUT2D eigenvalue weighted by molar-refractivity contribution is 5.84. The van der Waals surface area contributed by atoms with E-state index in [9.17, 15) is 9.59 Å². The lowest BCUT2D eigenvalue weighted by Crippen LogP contribution is -2.48. The molecule has 2 aromatic carbocycles. The van der Waals surface area contributed by atoms with Crippen LogP contribution in [0.5, 0.6) is 0 Å². The minimum atomic E-state index is -0.437. The fourth-order valence-electron chi connectivity index (χ4n) is 9.84. The highest BCUT2D eigenvalue weighted by Crippen LogP contribution is 2.39. The number of nitrogens with one attached hydrogen (secondary N) is 1. The Balaban J connectivity index is 0.791. The predicted octanol–water partition coefficient (Wildman–Crippen LogP) is 7.92. The van der Waals surface area contributed by atoms with Gasteiger partial charge in [-0.1, -0.05) is 18.1 Å². The topological polar surface area (TPSA) is 145 Å². The Bertz CT molecular complexity index is 2700. The average Bonchev–Trinajstić information content (AvgIpc) is 4.15. The van der Waals surface area contributed by atoms with Crippen LogP contribution in [0.4, 0.5) is 26.2 Å². The summed E-state index contributed by atoms with van der Waals surface area (Å²) >= 11 is 0. The molecule has 17 heteroatoms. The van der Waals surface area contributed by atoms with Crippen LogP contribution in [0.2, 0.25) is 0 Å². The molecule has 2 atom stereocenters. The van der Waals surface area contributed by atoms with Crippen molar-refractivity contribution in [3.63, 3.8) is 0 Å². The van der Waals surface area contributed by atoms with E-state index < -0.39 is 11.9 Å². The van der Waals surface area contributed by atoms with Crippen molar-refractivity contribution in [1.29, 1.82) is 0 Å². The van der Waals surface area contributed by atoms with Crippen LogP contribution in [0.15, 0.2) is 84.0 Å². The smallest absolute Gasteiger partial charge is 0.410 e. The van der Waals surface area contributed by atoms with Crippen LogP contribution >= 0.6 is 0 Å². The van der Waals surface area contributed by atoms with E-state index in [1.807, 2.05) is 67.7 Å². The summed E-state index contributed by atoms with van der Waals surface area (Å²) in [4.78, 5) is 45.4. The zero-order chi connectivity index (χ0) is 52.4. The number of likely N-dealkylation sites (N-methyl/N-ethyl adjacent to an activating group) is 1. The number of nitrogens with zero attached hydrogens (tertiary/aromatic N) is 7. The van der Waals surface area contributed by atoms with Crippen molar-refractivity contribution in [2.24, 2.45) is 0 Å². The van der Waals surface area contributed by atoms with Gasteiger partial charge < -0.3 is 53.0 Å². The second kappa shape index (κ2) is 28.1. The van der Waals surface area contributed by atoms with E-state index in [1.165, 1.54) is 6.07 Å². The molecule has 2 aliphatic heterocycles. The van der Waals surface area contributed by atoms with Crippen molar-refractivity contribution in [1.82, 2.24) is 24.3 Å². The van der Waals surface area contributed by atoms with E-state index in [2.05, 4.69) is 59.8 Å². The molecule has 2 saturated heterocycles. The lowest BCUT2D eigenvalue weighted by molar-refractivity contribution is -0.00912. The Morgan fingerprint density at radius 1 is 0.787 bits per heavy atom. The second-order valence-electron chi connectivity index (χ2n) is 19.8. The number of ether oxygens (including phenoxy) is 6. The molecule has 1 saturated carbocycles. The van der Waals surface area contributed by atoms with Crippen molar-refractivity contribution in [3.05, 3.63) is 123 Å². The molecule has 75 heavy (non-hydrogen) atoms. The summed E-state index contributed by atoms with van der Waals surface area (Å²) in [6, 6.07) is 19.7. The summed E-state index contributed by atoms with van der Waals surface area (Å²) in [6.07, 6.45) is 16.0. The molecule has 3 fully saturated rings. The normalized spacial score (nSPS) is 16.7. The van der Waals surface area contributed by atoms with Gasteiger partial charge in [0, 0.05) is 112 Å². The Kier molecular flexibility index (Phi) is 20.7. The largest absolute Gasteiger partial charge is 0.445 e. The van der Waals surface area contributed by atoms with Gasteiger partial charge in [0.2, 0.25) is 0 Å². The molecule has 3 aliphatic rings. The molecule has 0 unspecified atom stereocenters. The van der Waals surface area contributed by atoms with Crippen molar-refractivity contribution in [3.8, 4) is 12.3 Å². The van der Waals surface area contributed by atoms with Crippen molar-refractivity contribution >= 4 is 34.1 Å². The van der Waals surface area contributed by atoms with Crippen LogP contribution in [-0.4, -0.2) is 148 Å². The van der Waals surface area contributed by atoms with Gasteiger partial charge in [-0.05, 0) is 112 Å². The number of fused-ring (bicyclic) bond motifs is 1. The third-order valence-electron chi connectivity index (χ3n) is 14.1. The van der Waals surface area contributed by atoms with E-state index in [4.69, 9.17) is 34.8 Å². The van der Waals surface area contributed by atoms with Gasteiger partial charge >= 0.3 is 6.09 Å². The quantitative estimate of drug-likeness (QED) is 0.0366. The van der Waals surface area contributed by atoms with Gasteiger partial charge in [0.15, 0.2) is 5.43 Å². The first-order valence-corrected chi connectivity index (χ1v) is 26.6. The van der Waals surface area contributed by atoms with Crippen LogP contribution in [0.1, 0.15) is 72.6 Å². The van der Waals surface area contributed by atoms with E-state index >= 15 is 4.39 Å². The van der Waals surface area contributed by atoms with Crippen LogP contribution in [0.25, 0.3) is 10.9 Å². The summed E-state index contributed by atoms with van der Waals surface area (Å²) in [6.45, 7) is 13.6. The summed E-state index contributed by atoms with van der Waals surface area (Å²) in [7, 11) is 1.74. The van der Waals surface area contributed by atoms with Crippen molar-refractivity contribution in [2.45, 2.75) is 90.2 Å². The van der Waals surface area contributed by atoms with Gasteiger partial charge in [-0.2, -0.15) is 0 Å². The monoisotopic (exact) mass is 1030 g/mol. The number of rotatable bonds is 29. The van der Waals surface area contributed by atoms with Crippen LogP contribution in [-0.2, 0) is 48.1 Å².